The van der Waals surface area contributed by atoms with Gasteiger partial charge in [0, 0.05) is 18.4 Å². The molecular weight excluding hydrogens is 304 g/mol. The molecule has 0 spiro atoms. The summed E-state index contributed by atoms with van der Waals surface area (Å²) in [5.74, 6) is 5.88. The van der Waals surface area contributed by atoms with Crippen LogP contribution in [0, 0.1) is 11.8 Å². The van der Waals surface area contributed by atoms with E-state index in [2.05, 4.69) is 32.3 Å². The van der Waals surface area contributed by atoms with Crippen LogP contribution in [0.3, 0.4) is 0 Å². The molecule has 6 nitrogen and oxygen atoms in total. The molecule has 2 aromatic rings. The molecule has 0 bridgehead atoms. The Hall–Kier alpha value is -2.26. The molecule has 0 aliphatic carbocycles. The average Bonchev–Trinajstić information content (AvgIpc) is 2.83. The SMILES string of the molecule is CC(C)(C)OC(=O)NCCC#Cc1cc2cn[nH]c2nc1Cl. The molecule has 0 atom stereocenters. The van der Waals surface area contributed by atoms with Crippen molar-refractivity contribution in [2.45, 2.75) is 32.8 Å². The van der Waals surface area contributed by atoms with Gasteiger partial charge < -0.3 is 10.1 Å². The Kier molecular flexibility index (Phi) is 4.88. The van der Waals surface area contributed by atoms with E-state index in [1.54, 1.807) is 6.20 Å². The Bertz CT molecular complexity index is 737. The minimum absolute atomic E-state index is 0.323. The first-order chi connectivity index (χ1) is 10.3. The van der Waals surface area contributed by atoms with Crippen molar-refractivity contribution in [1.82, 2.24) is 20.5 Å². The van der Waals surface area contributed by atoms with Crippen LogP contribution in [-0.2, 0) is 4.74 Å². The smallest absolute Gasteiger partial charge is 0.407 e. The largest absolute Gasteiger partial charge is 0.444 e. The Labute approximate surface area is 133 Å². The number of H-pyrrole nitrogens is 1. The Morgan fingerprint density at radius 1 is 1.50 bits per heavy atom. The second-order valence-electron chi connectivity index (χ2n) is 5.62. The van der Waals surface area contributed by atoms with Gasteiger partial charge in [-0.3, -0.25) is 5.10 Å². The minimum atomic E-state index is -0.505. The van der Waals surface area contributed by atoms with Crippen LogP contribution in [0.15, 0.2) is 12.3 Å². The lowest BCUT2D eigenvalue weighted by Gasteiger charge is -2.19. The molecular formula is C15H17ClN4O2. The summed E-state index contributed by atoms with van der Waals surface area (Å²) >= 11 is 6.04. The molecule has 1 amide bonds. The van der Waals surface area contributed by atoms with Crippen molar-refractivity contribution in [3.05, 3.63) is 23.0 Å². The number of aromatic nitrogens is 3. The van der Waals surface area contributed by atoms with Gasteiger partial charge >= 0.3 is 6.09 Å². The highest BCUT2D eigenvalue weighted by Crippen LogP contribution is 2.17. The molecule has 7 heteroatoms. The lowest BCUT2D eigenvalue weighted by molar-refractivity contribution is 0.0529. The fourth-order valence-corrected chi connectivity index (χ4v) is 1.83. The van der Waals surface area contributed by atoms with Crippen LogP contribution in [0.2, 0.25) is 5.15 Å². The van der Waals surface area contributed by atoms with Gasteiger partial charge in [-0.15, -0.1) is 0 Å². The standard InChI is InChI=1S/C15H17ClN4O2/c1-15(2,3)22-14(21)17-7-5-4-6-10-8-11-9-18-20-13(11)19-12(10)16/h8-9H,5,7H2,1-3H3,(H,17,21)(H,18,19,20). The van der Waals surface area contributed by atoms with Gasteiger partial charge in [0.05, 0.1) is 11.8 Å². The minimum Gasteiger partial charge on any atom is -0.444 e. The zero-order chi connectivity index (χ0) is 16.2. The maximum atomic E-state index is 11.4. The molecule has 0 unspecified atom stereocenters. The van der Waals surface area contributed by atoms with Crippen LogP contribution in [0.1, 0.15) is 32.8 Å². The summed E-state index contributed by atoms with van der Waals surface area (Å²) in [6, 6.07) is 1.82. The third-order valence-electron chi connectivity index (χ3n) is 2.52. The van der Waals surface area contributed by atoms with E-state index in [0.29, 0.717) is 29.3 Å². The van der Waals surface area contributed by atoms with Gasteiger partial charge in [-0.1, -0.05) is 23.4 Å². The van der Waals surface area contributed by atoms with E-state index >= 15 is 0 Å². The molecule has 0 saturated carbocycles. The first-order valence-corrected chi connectivity index (χ1v) is 7.18. The quantitative estimate of drug-likeness (QED) is 0.506. The fourth-order valence-electron chi connectivity index (χ4n) is 1.64. The van der Waals surface area contributed by atoms with E-state index in [1.165, 1.54) is 0 Å². The second-order valence-corrected chi connectivity index (χ2v) is 5.97. The summed E-state index contributed by atoms with van der Waals surface area (Å²) in [4.78, 5) is 15.6. The van der Waals surface area contributed by atoms with E-state index in [1.807, 2.05) is 26.8 Å². The third kappa shape index (κ3) is 4.64. The van der Waals surface area contributed by atoms with Crippen molar-refractivity contribution in [3.8, 4) is 11.8 Å². The predicted molar refractivity (Wildman–Crippen MR) is 84.6 cm³/mol. The van der Waals surface area contributed by atoms with Gasteiger partial charge in [-0.05, 0) is 26.8 Å². The third-order valence-corrected chi connectivity index (χ3v) is 2.81. The van der Waals surface area contributed by atoms with Crippen LogP contribution in [0.4, 0.5) is 4.79 Å². The molecule has 0 saturated heterocycles. The lowest BCUT2D eigenvalue weighted by Crippen LogP contribution is -2.32. The number of alkyl carbamates (subject to hydrolysis) is 1. The summed E-state index contributed by atoms with van der Waals surface area (Å²) in [6.07, 6.45) is 1.70. The normalized spacial score (nSPS) is 10.9. The van der Waals surface area contributed by atoms with Gasteiger partial charge in [0.15, 0.2) is 5.65 Å². The fraction of sp³-hybridized carbons (Fsp3) is 0.400. The highest BCUT2D eigenvalue weighted by atomic mass is 35.5. The molecule has 0 radical (unpaired) electrons. The van der Waals surface area contributed by atoms with Crippen LogP contribution in [0.5, 0.6) is 0 Å². The van der Waals surface area contributed by atoms with Crippen molar-refractivity contribution in [3.63, 3.8) is 0 Å². The number of aromatic amines is 1. The average molecular weight is 321 g/mol. The molecule has 22 heavy (non-hydrogen) atoms. The number of carbonyl (C=O) groups excluding carboxylic acids is 1. The summed E-state index contributed by atoms with van der Waals surface area (Å²) < 4.78 is 5.12. The van der Waals surface area contributed by atoms with Crippen LogP contribution >= 0.6 is 11.6 Å². The first-order valence-electron chi connectivity index (χ1n) is 6.80. The molecule has 0 aliphatic rings. The van der Waals surface area contributed by atoms with E-state index in [9.17, 15) is 4.79 Å². The predicted octanol–water partition coefficient (Wildman–Crippen LogP) is 2.88. The number of hydrogen-bond acceptors (Lipinski definition) is 4. The zero-order valence-corrected chi connectivity index (χ0v) is 13.4. The molecule has 2 aromatic heterocycles. The second kappa shape index (κ2) is 6.67. The molecule has 0 aromatic carbocycles. The van der Waals surface area contributed by atoms with Gasteiger partial charge in [-0.2, -0.15) is 5.10 Å². The van der Waals surface area contributed by atoms with Crippen LogP contribution in [-0.4, -0.2) is 33.4 Å². The number of amides is 1. The number of carbonyl (C=O) groups is 1. The molecule has 2 N–H and O–H groups in total. The number of fused-ring (bicyclic) bond motifs is 1. The number of rotatable bonds is 2. The summed E-state index contributed by atoms with van der Waals surface area (Å²) in [5, 5.41) is 10.4. The Morgan fingerprint density at radius 3 is 3.00 bits per heavy atom. The Morgan fingerprint density at radius 2 is 2.27 bits per heavy atom. The van der Waals surface area contributed by atoms with Gasteiger partial charge in [0.1, 0.15) is 10.8 Å². The summed E-state index contributed by atoms with van der Waals surface area (Å²) in [5.41, 5.74) is 0.754. The first kappa shape index (κ1) is 16.1. The van der Waals surface area contributed by atoms with Crippen molar-refractivity contribution in [2.24, 2.45) is 0 Å². The number of ether oxygens (including phenoxy) is 1. The zero-order valence-electron chi connectivity index (χ0n) is 12.7. The number of nitrogens with zero attached hydrogens (tertiary/aromatic N) is 2. The number of halogens is 1. The van der Waals surface area contributed by atoms with Crippen molar-refractivity contribution in [2.75, 3.05) is 6.54 Å². The molecule has 0 fully saturated rings. The maximum absolute atomic E-state index is 11.4. The number of hydrogen-bond donors (Lipinski definition) is 2. The molecule has 0 aliphatic heterocycles. The summed E-state index contributed by atoms with van der Waals surface area (Å²) in [7, 11) is 0. The van der Waals surface area contributed by atoms with Crippen molar-refractivity contribution >= 4 is 28.7 Å². The van der Waals surface area contributed by atoms with Gasteiger partial charge in [0.25, 0.3) is 0 Å². The highest BCUT2D eigenvalue weighted by Gasteiger charge is 2.15. The highest BCUT2D eigenvalue weighted by molar-refractivity contribution is 6.31. The number of pyridine rings is 1. The monoisotopic (exact) mass is 320 g/mol. The van der Waals surface area contributed by atoms with Crippen LogP contribution < -0.4 is 5.32 Å². The van der Waals surface area contributed by atoms with Gasteiger partial charge in [-0.25, -0.2) is 9.78 Å². The van der Waals surface area contributed by atoms with E-state index in [-0.39, 0.29) is 0 Å². The molecule has 2 rings (SSSR count). The van der Waals surface area contributed by atoms with E-state index in [0.717, 1.165) is 5.39 Å². The Balaban J connectivity index is 1.88. The van der Waals surface area contributed by atoms with Gasteiger partial charge in [0.2, 0.25) is 0 Å². The molecule has 116 valence electrons. The van der Waals surface area contributed by atoms with Crippen LogP contribution in [0.25, 0.3) is 11.0 Å². The summed E-state index contributed by atoms with van der Waals surface area (Å²) in [6.45, 7) is 5.84. The van der Waals surface area contributed by atoms with E-state index in [4.69, 9.17) is 16.3 Å². The molecule has 2 heterocycles. The van der Waals surface area contributed by atoms with Crippen molar-refractivity contribution in [1.29, 1.82) is 0 Å². The lowest BCUT2D eigenvalue weighted by atomic mass is 10.2. The number of nitrogens with one attached hydrogen (secondary N) is 2. The van der Waals surface area contributed by atoms with Crippen molar-refractivity contribution < 1.29 is 9.53 Å². The van der Waals surface area contributed by atoms with E-state index < -0.39 is 11.7 Å². The maximum Gasteiger partial charge on any atom is 0.407 e. The topological polar surface area (TPSA) is 79.9 Å².